The number of hydrogen-bond donors (Lipinski definition) is 1. The van der Waals surface area contributed by atoms with Crippen LogP contribution in [0.4, 0.5) is 4.39 Å². The van der Waals surface area contributed by atoms with Gasteiger partial charge in [0, 0.05) is 17.5 Å². The zero-order valence-corrected chi connectivity index (χ0v) is 12.5. The van der Waals surface area contributed by atoms with E-state index in [-0.39, 0.29) is 5.92 Å². The first-order valence-corrected chi connectivity index (χ1v) is 7.20. The molecule has 1 aliphatic rings. The first kappa shape index (κ1) is 13.6. The predicted molar refractivity (Wildman–Crippen MR) is 78.5 cm³/mol. The first-order chi connectivity index (χ1) is 9.61. The average molecular weight is 337 g/mol. The molecule has 0 saturated carbocycles. The van der Waals surface area contributed by atoms with Gasteiger partial charge in [-0.2, -0.15) is 0 Å². The molecule has 0 fully saturated rings. The molecular weight excluding hydrogens is 323 g/mol. The Morgan fingerprint density at radius 3 is 2.80 bits per heavy atom. The van der Waals surface area contributed by atoms with E-state index >= 15 is 0 Å². The number of methoxy groups -OCH3 is 1. The van der Waals surface area contributed by atoms with Crippen LogP contribution in [0, 0.1) is 5.82 Å². The molecule has 0 amide bonds. The van der Waals surface area contributed by atoms with Crippen LogP contribution < -0.4 is 4.74 Å². The second kappa shape index (κ2) is 5.19. The third-order valence-corrected chi connectivity index (χ3v) is 4.47. The summed E-state index contributed by atoms with van der Waals surface area (Å²) < 4.78 is 19.1. The first-order valence-electron chi connectivity index (χ1n) is 6.40. The van der Waals surface area contributed by atoms with Gasteiger partial charge in [-0.05, 0) is 39.5 Å². The van der Waals surface area contributed by atoms with Gasteiger partial charge >= 0.3 is 0 Å². The van der Waals surface area contributed by atoms with Crippen LogP contribution in [-0.2, 0) is 6.42 Å². The Hall–Kier alpha value is -1.39. The van der Waals surface area contributed by atoms with Gasteiger partial charge in [-0.3, -0.25) is 0 Å². The maximum Gasteiger partial charge on any atom is 0.141 e. The van der Waals surface area contributed by atoms with E-state index in [4.69, 9.17) is 4.74 Å². The summed E-state index contributed by atoms with van der Waals surface area (Å²) in [5.74, 6) is 0.0202. The monoisotopic (exact) mass is 336 g/mol. The molecule has 2 atom stereocenters. The van der Waals surface area contributed by atoms with Gasteiger partial charge < -0.3 is 9.84 Å². The normalized spacial score (nSPS) is 18.1. The van der Waals surface area contributed by atoms with Crippen LogP contribution in [-0.4, -0.2) is 12.2 Å². The van der Waals surface area contributed by atoms with Gasteiger partial charge in [0.2, 0.25) is 0 Å². The summed E-state index contributed by atoms with van der Waals surface area (Å²) in [5.41, 5.74) is 3.03. The second-order valence-corrected chi connectivity index (χ2v) is 5.82. The largest absolute Gasteiger partial charge is 0.496 e. The number of halogens is 2. The van der Waals surface area contributed by atoms with Crippen LogP contribution in [0.1, 0.15) is 28.7 Å². The number of aliphatic hydroxyl groups is 1. The molecule has 4 heteroatoms. The third kappa shape index (κ3) is 2.13. The summed E-state index contributed by atoms with van der Waals surface area (Å²) in [7, 11) is 1.48. The molecule has 0 saturated heterocycles. The lowest BCUT2D eigenvalue weighted by molar-refractivity contribution is 0.131. The van der Waals surface area contributed by atoms with Gasteiger partial charge in [-0.1, -0.05) is 24.3 Å². The quantitative estimate of drug-likeness (QED) is 0.918. The molecule has 1 N–H and O–H groups in total. The minimum absolute atomic E-state index is 0.0393. The van der Waals surface area contributed by atoms with Crippen molar-refractivity contribution in [2.45, 2.75) is 18.4 Å². The second-order valence-electron chi connectivity index (χ2n) is 4.96. The molecule has 2 unspecified atom stereocenters. The molecule has 2 aromatic carbocycles. The smallest absolute Gasteiger partial charge is 0.141 e. The van der Waals surface area contributed by atoms with Crippen LogP contribution in [0.2, 0.25) is 0 Å². The molecule has 2 aromatic rings. The number of ether oxygens (including phenoxy) is 1. The third-order valence-electron chi connectivity index (χ3n) is 3.87. The topological polar surface area (TPSA) is 29.5 Å². The molecular formula is C16H14BrFO2. The van der Waals surface area contributed by atoms with Gasteiger partial charge in [-0.15, -0.1) is 0 Å². The Kier molecular flexibility index (Phi) is 3.52. The van der Waals surface area contributed by atoms with Crippen LogP contribution in [0.5, 0.6) is 5.75 Å². The van der Waals surface area contributed by atoms with Gasteiger partial charge in [0.1, 0.15) is 11.6 Å². The molecule has 0 spiro atoms. The van der Waals surface area contributed by atoms with E-state index in [0.717, 1.165) is 12.0 Å². The Morgan fingerprint density at radius 1 is 1.35 bits per heavy atom. The lowest BCUT2D eigenvalue weighted by Crippen LogP contribution is -2.24. The highest BCUT2D eigenvalue weighted by atomic mass is 79.9. The van der Waals surface area contributed by atoms with Crippen LogP contribution in [0.3, 0.4) is 0 Å². The predicted octanol–water partition coefficient (Wildman–Crippen LogP) is 3.97. The van der Waals surface area contributed by atoms with Crippen molar-refractivity contribution in [1.29, 1.82) is 0 Å². The molecule has 2 nitrogen and oxygen atoms in total. The molecule has 3 rings (SSSR count). The van der Waals surface area contributed by atoms with Crippen LogP contribution in [0.15, 0.2) is 40.9 Å². The molecule has 0 bridgehead atoms. The van der Waals surface area contributed by atoms with Gasteiger partial charge in [0.25, 0.3) is 0 Å². The summed E-state index contributed by atoms with van der Waals surface area (Å²) in [4.78, 5) is 0. The van der Waals surface area contributed by atoms with E-state index in [1.54, 1.807) is 6.07 Å². The lowest BCUT2D eigenvalue weighted by Gasteiger charge is -2.34. The van der Waals surface area contributed by atoms with E-state index in [1.807, 2.05) is 18.2 Å². The zero-order chi connectivity index (χ0) is 14.3. The average Bonchev–Trinajstić information content (AvgIpc) is 2.42. The van der Waals surface area contributed by atoms with Crippen LogP contribution in [0.25, 0.3) is 0 Å². The van der Waals surface area contributed by atoms with E-state index in [0.29, 0.717) is 15.8 Å². The fourth-order valence-electron chi connectivity index (χ4n) is 2.75. The fourth-order valence-corrected chi connectivity index (χ4v) is 3.11. The van der Waals surface area contributed by atoms with Gasteiger partial charge in [-0.25, -0.2) is 4.39 Å². The van der Waals surface area contributed by atoms with Crippen molar-refractivity contribution >= 4 is 15.9 Å². The van der Waals surface area contributed by atoms with E-state index < -0.39 is 11.9 Å². The summed E-state index contributed by atoms with van der Waals surface area (Å²) in [6, 6.07) is 11.0. The van der Waals surface area contributed by atoms with Crippen molar-refractivity contribution < 1.29 is 14.2 Å². The van der Waals surface area contributed by atoms with Crippen molar-refractivity contribution in [1.82, 2.24) is 0 Å². The molecule has 20 heavy (non-hydrogen) atoms. The van der Waals surface area contributed by atoms with E-state index in [2.05, 4.69) is 22.0 Å². The molecule has 1 aliphatic carbocycles. The molecule has 0 aliphatic heterocycles. The Bertz CT molecular complexity index is 657. The summed E-state index contributed by atoms with van der Waals surface area (Å²) >= 11 is 3.16. The molecule has 0 radical (unpaired) electrons. The molecule has 0 heterocycles. The molecule has 104 valence electrons. The zero-order valence-electron chi connectivity index (χ0n) is 10.9. The van der Waals surface area contributed by atoms with E-state index in [1.165, 1.54) is 18.7 Å². The highest BCUT2D eigenvalue weighted by Gasteiger charge is 2.34. The number of benzene rings is 2. The highest BCUT2D eigenvalue weighted by molar-refractivity contribution is 9.10. The number of rotatable bonds is 3. The summed E-state index contributed by atoms with van der Waals surface area (Å²) in [6.07, 6.45) is 0.131. The van der Waals surface area contributed by atoms with Crippen molar-refractivity contribution in [2.24, 2.45) is 0 Å². The van der Waals surface area contributed by atoms with Crippen molar-refractivity contribution in [3.05, 3.63) is 63.4 Å². The van der Waals surface area contributed by atoms with Crippen molar-refractivity contribution in [3.63, 3.8) is 0 Å². The van der Waals surface area contributed by atoms with Crippen LogP contribution >= 0.6 is 15.9 Å². The Labute approximate surface area is 125 Å². The highest BCUT2D eigenvalue weighted by Crippen LogP contribution is 2.46. The minimum atomic E-state index is -0.697. The Balaban J connectivity index is 1.96. The van der Waals surface area contributed by atoms with Gasteiger partial charge in [0.15, 0.2) is 0 Å². The fraction of sp³-hybridized carbons (Fsp3) is 0.250. The SMILES string of the molecule is COc1cc(F)c(Br)cc1C(O)C1Cc2ccccc21. The number of aliphatic hydroxyl groups excluding tert-OH is 1. The standard InChI is InChI=1S/C16H14BrFO2/c1-20-15-8-14(18)13(17)7-12(15)16(19)11-6-9-4-2-3-5-10(9)11/h2-5,7-8,11,16,19H,6H2,1H3. The van der Waals surface area contributed by atoms with Gasteiger partial charge in [0.05, 0.1) is 17.7 Å². The number of hydrogen-bond acceptors (Lipinski definition) is 2. The van der Waals surface area contributed by atoms with Crippen molar-refractivity contribution in [3.8, 4) is 5.75 Å². The lowest BCUT2D eigenvalue weighted by atomic mass is 9.73. The maximum absolute atomic E-state index is 13.5. The van der Waals surface area contributed by atoms with Crippen molar-refractivity contribution in [2.75, 3.05) is 7.11 Å². The minimum Gasteiger partial charge on any atom is -0.496 e. The summed E-state index contributed by atoms with van der Waals surface area (Å²) in [6.45, 7) is 0. The maximum atomic E-state index is 13.5. The summed E-state index contributed by atoms with van der Waals surface area (Å²) in [5, 5.41) is 10.6. The van der Waals surface area contributed by atoms with E-state index in [9.17, 15) is 9.50 Å². The number of fused-ring (bicyclic) bond motifs is 1. The molecule has 0 aromatic heterocycles. The Morgan fingerprint density at radius 2 is 2.10 bits per heavy atom.